The molecule has 0 fully saturated rings. The zero-order chi connectivity index (χ0) is 11.4. The van der Waals surface area contributed by atoms with Crippen molar-refractivity contribution in [1.29, 1.82) is 0 Å². The van der Waals surface area contributed by atoms with E-state index in [2.05, 4.69) is 15.9 Å². The predicted molar refractivity (Wildman–Crippen MR) is 54.6 cm³/mol. The van der Waals surface area contributed by atoms with Gasteiger partial charge in [0.1, 0.15) is 11.6 Å². The maximum atomic E-state index is 13.0. The molecule has 0 atom stereocenters. The highest BCUT2D eigenvalue weighted by molar-refractivity contribution is 9.10. The molecule has 15 heavy (non-hydrogen) atoms. The van der Waals surface area contributed by atoms with E-state index < -0.39 is 17.6 Å². The van der Waals surface area contributed by atoms with Crippen LogP contribution in [-0.2, 0) is 11.2 Å². The second-order valence-electron chi connectivity index (χ2n) is 3.12. The minimum atomic E-state index is -0.909. The second-order valence-corrected chi connectivity index (χ2v) is 3.91. The fraction of sp³-hybridized carbons (Fsp3) is 0.300. The van der Waals surface area contributed by atoms with E-state index in [9.17, 15) is 13.6 Å². The van der Waals surface area contributed by atoms with Gasteiger partial charge in [0.2, 0.25) is 0 Å². The average Bonchev–Trinajstić information content (AvgIpc) is 2.13. The highest BCUT2D eigenvalue weighted by Gasteiger charge is 2.08. The van der Waals surface area contributed by atoms with Crippen molar-refractivity contribution < 1.29 is 18.7 Å². The molecule has 1 aromatic rings. The highest BCUT2D eigenvalue weighted by atomic mass is 79.9. The number of hydrogen-bond acceptors (Lipinski definition) is 1. The van der Waals surface area contributed by atoms with Crippen LogP contribution in [0.25, 0.3) is 0 Å². The number of aliphatic carboxylic acids is 1. The van der Waals surface area contributed by atoms with Crippen molar-refractivity contribution in [1.82, 2.24) is 0 Å². The molecule has 0 saturated heterocycles. The van der Waals surface area contributed by atoms with Crippen LogP contribution < -0.4 is 0 Å². The van der Waals surface area contributed by atoms with Crippen LogP contribution in [0.5, 0.6) is 0 Å². The third-order valence-corrected chi connectivity index (χ3v) is 2.66. The van der Waals surface area contributed by atoms with Crippen LogP contribution >= 0.6 is 15.9 Å². The van der Waals surface area contributed by atoms with Crippen LogP contribution in [0.3, 0.4) is 0 Å². The monoisotopic (exact) mass is 278 g/mol. The van der Waals surface area contributed by atoms with Gasteiger partial charge in [-0.05, 0) is 46.5 Å². The quantitative estimate of drug-likeness (QED) is 0.860. The highest BCUT2D eigenvalue weighted by Crippen LogP contribution is 2.21. The normalized spacial score (nSPS) is 10.3. The van der Waals surface area contributed by atoms with Gasteiger partial charge in [0.15, 0.2) is 0 Å². The van der Waals surface area contributed by atoms with E-state index in [1.54, 1.807) is 0 Å². The Hall–Kier alpha value is -0.970. The summed E-state index contributed by atoms with van der Waals surface area (Å²) in [5, 5.41) is 8.39. The molecule has 0 aromatic heterocycles. The molecule has 0 unspecified atom stereocenters. The van der Waals surface area contributed by atoms with E-state index in [4.69, 9.17) is 5.11 Å². The molecule has 0 aliphatic carbocycles. The van der Waals surface area contributed by atoms with Crippen LogP contribution in [0.1, 0.15) is 18.4 Å². The number of hydrogen-bond donors (Lipinski definition) is 1. The Morgan fingerprint density at radius 1 is 1.33 bits per heavy atom. The largest absolute Gasteiger partial charge is 0.481 e. The summed E-state index contributed by atoms with van der Waals surface area (Å²) in [6.45, 7) is 0. The van der Waals surface area contributed by atoms with Crippen LogP contribution in [0.15, 0.2) is 16.6 Å². The maximum Gasteiger partial charge on any atom is 0.303 e. The third-order valence-electron chi connectivity index (χ3n) is 1.90. The molecule has 0 spiro atoms. The topological polar surface area (TPSA) is 37.3 Å². The Balaban J connectivity index is 2.66. The van der Waals surface area contributed by atoms with Gasteiger partial charge in [0.05, 0.1) is 4.47 Å². The number of aryl methyl sites for hydroxylation is 1. The van der Waals surface area contributed by atoms with Crippen LogP contribution in [-0.4, -0.2) is 11.1 Å². The lowest BCUT2D eigenvalue weighted by Crippen LogP contribution is -1.97. The zero-order valence-electron chi connectivity index (χ0n) is 7.77. The van der Waals surface area contributed by atoms with E-state index in [0.717, 1.165) is 0 Å². The van der Waals surface area contributed by atoms with E-state index in [1.165, 1.54) is 12.1 Å². The van der Waals surface area contributed by atoms with E-state index >= 15 is 0 Å². The standard InChI is InChI=1S/C10H9BrF2O2/c11-10-7(12)4-6(5-8(10)13)2-1-3-9(14)15/h4-5H,1-3H2,(H,14,15). The van der Waals surface area contributed by atoms with Crippen molar-refractivity contribution in [3.05, 3.63) is 33.8 Å². The van der Waals surface area contributed by atoms with Crippen molar-refractivity contribution in [2.24, 2.45) is 0 Å². The van der Waals surface area contributed by atoms with Crippen LogP contribution in [0.2, 0.25) is 0 Å². The minimum absolute atomic E-state index is 0.000692. The summed E-state index contributed by atoms with van der Waals surface area (Å²) in [5.74, 6) is -2.24. The molecule has 0 aliphatic heterocycles. The Labute approximate surface area is 94.0 Å². The van der Waals surface area contributed by atoms with E-state index in [-0.39, 0.29) is 10.9 Å². The minimum Gasteiger partial charge on any atom is -0.481 e. The first-order valence-corrected chi connectivity index (χ1v) is 5.15. The van der Waals surface area contributed by atoms with Gasteiger partial charge in [0, 0.05) is 6.42 Å². The molecule has 1 aromatic carbocycles. The van der Waals surface area contributed by atoms with Gasteiger partial charge in [-0.25, -0.2) is 8.78 Å². The van der Waals surface area contributed by atoms with Crippen molar-refractivity contribution in [2.75, 3.05) is 0 Å². The Morgan fingerprint density at radius 3 is 2.33 bits per heavy atom. The number of carbonyl (C=O) groups is 1. The van der Waals surface area contributed by atoms with Gasteiger partial charge in [-0.2, -0.15) is 0 Å². The SMILES string of the molecule is O=C(O)CCCc1cc(F)c(Br)c(F)c1. The van der Waals surface area contributed by atoms with Crippen LogP contribution in [0, 0.1) is 11.6 Å². The fourth-order valence-corrected chi connectivity index (χ4v) is 1.43. The predicted octanol–water partition coefficient (Wildman–Crippen LogP) is 3.13. The van der Waals surface area contributed by atoms with Crippen molar-refractivity contribution in [3.8, 4) is 0 Å². The van der Waals surface area contributed by atoms with Crippen LogP contribution in [0.4, 0.5) is 8.78 Å². The Morgan fingerprint density at radius 2 is 1.87 bits per heavy atom. The summed E-state index contributed by atoms with van der Waals surface area (Å²) in [6.07, 6.45) is 0.725. The molecule has 1 rings (SSSR count). The fourth-order valence-electron chi connectivity index (χ4n) is 1.20. The summed E-state index contributed by atoms with van der Waals surface area (Å²) in [5.41, 5.74) is 0.467. The number of carboxylic acid groups (broad SMARTS) is 1. The van der Waals surface area contributed by atoms with Crippen molar-refractivity contribution in [3.63, 3.8) is 0 Å². The summed E-state index contributed by atoms with van der Waals surface area (Å²) in [7, 11) is 0. The van der Waals surface area contributed by atoms with Gasteiger partial charge in [-0.1, -0.05) is 0 Å². The first-order chi connectivity index (χ1) is 7.00. The molecule has 1 N–H and O–H groups in total. The summed E-state index contributed by atoms with van der Waals surface area (Å²) in [4.78, 5) is 10.2. The summed E-state index contributed by atoms with van der Waals surface area (Å²) >= 11 is 2.76. The number of halogens is 3. The van der Waals surface area contributed by atoms with Crippen molar-refractivity contribution >= 4 is 21.9 Å². The Bertz CT molecular complexity index is 357. The molecule has 82 valence electrons. The number of benzene rings is 1. The molecular formula is C10H9BrF2O2. The van der Waals surface area contributed by atoms with E-state index in [0.29, 0.717) is 18.4 Å². The molecular weight excluding hydrogens is 270 g/mol. The first kappa shape index (κ1) is 12.1. The van der Waals surface area contributed by atoms with Gasteiger partial charge in [0.25, 0.3) is 0 Å². The lowest BCUT2D eigenvalue weighted by atomic mass is 10.1. The molecule has 0 heterocycles. The van der Waals surface area contributed by atoms with Gasteiger partial charge >= 0.3 is 5.97 Å². The number of carboxylic acids is 1. The Kier molecular flexibility index (Phi) is 4.20. The zero-order valence-corrected chi connectivity index (χ0v) is 9.35. The first-order valence-electron chi connectivity index (χ1n) is 4.36. The van der Waals surface area contributed by atoms with E-state index in [1.807, 2.05) is 0 Å². The summed E-state index contributed by atoms with van der Waals surface area (Å²) < 4.78 is 25.9. The second kappa shape index (κ2) is 5.21. The lowest BCUT2D eigenvalue weighted by Gasteiger charge is -2.02. The van der Waals surface area contributed by atoms with Gasteiger partial charge in [-0.15, -0.1) is 0 Å². The molecule has 0 aliphatic rings. The molecule has 5 heteroatoms. The van der Waals surface area contributed by atoms with Gasteiger partial charge < -0.3 is 5.11 Å². The molecule has 0 radical (unpaired) electrons. The smallest absolute Gasteiger partial charge is 0.303 e. The molecule has 2 nitrogen and oxygen atoms in total. The van der Waals surface area contributed by atoms with Gasteiger partial charge in [-0.3, -0.25) is 4.79 Å². The number of rotatable bonds is 4. The van der Waals surface area contributed by atoms with Crippen molar-refractivity contribution in [2.45, 2.75) is 19.3 Å². The molecule has 0 amide bonds. The maximum absolute atomic E-state index is 13.0. The molecule has 0 saturated carbocycles. The third kappa shape index (κ3) is 3.58. The lowest BCUT2D eigenvalue weighted by molar-refractivity contribution is -0.137. The summed E-state index contributed by atoms with van der Waals surface area (Å²) in [6, 6.07) is 2.41. The average molecular weight is 279 g/mol. The molecule has 0 bridgehead atoms.